The van der Waals surface area contributed by atoms with Crippen molar-refractivity contribution in [2.75, 3.05) is 13.2 Å². The molecule has 0 aliphatic carbocycles. The van der Waals surface area contributed by atoms with Gasteiger partial charge in [0.2, 0.25) is 0 Å². The second kappa shape index (κ2) is 6.93. The molecule has 1 aromatic carbocycles. The summed E-state index contributed by atoms with van der Waals surface area (Å²) in [6, 6.07) is 8.24. The Balaban J connectivity index is 2.06. The van der Waals surface area contributed by atoms with Crippen LogP contribution in [0.4, 0.5) is 0 Å². The first kappa shape index (κ1) is 15.8. The molecule has 1 saturated heterocycles. The Morgan fingerprint density at radius 3 is 2.80 bits per heavy atom. The molecule has 2 unspecified atom stereocenters. The molecule has 20 heavy (non-hydrogen) atoms. The SMILES string of the molecule is CC(C)(C)NCC(CC1CCCO1)c1cccc(Cl)c1. The second-order valence-corrected chi connectivity index (χ2v) is 7.19. The Morgan fingerprint density at radius 1 is 1.40 bits per heavy atom. The van der Waals surface area contributed by atoms with E-state index in [1.165, 1.54) is 18.4 Å². The van der Waals surface area contributed by atoms with Gasteiger partial charge in [0.05, 0.1) is 6.10 Å². The number of ether oxygens (including phenoxy) is 1. The predicted molar refractivity (Wildman–Crippen MR) is 85.5 cm³/mol. The maximum Gasteiger partial charge on any atom is 0.0582 e. The lowest BCUT2D eigenvalue weighted by atomic mass is 9.91. The Hall–Kier alpha value is -0.570. The summed E-state index contributed by atoms with van der Waals surface area (Å²) in [4.78, 5) is 0. The van der Waals surface area contributed by atoms with Crippen molar-refractivity contribution in [3.05, 3.63) is 34.9 Å². The molecule has 2 nitrogen and oxygen atoms in total. The highest BCUT2D eigenvalue weighted by molar-refractivity contribution is 6.30. The monoisotopic (exact) mass is 295 g/mol. The van der Waals surface area contributed by atoms with E-state index in [1.807, 2.05) is 12.1 Å². The van der Waals surface area contributed by atoms with Crippen LogP contribution >= 0.6 is 11.6 Å². The van der Waals surface area contributed by atoms with Gasteiger partial charge < -0.3 is 10.1 Å². The predicted octanol–water partition coefficient (Wildman–Crippen LogP) is 4.38. The largest absolute Gasteiger partial charge is 0.378 e. The first-order valence-electron chi connectivity index (χ1n) is 7.56. The van der Waals surface area contributed by atoms with Crippen LogP contribution in [0.25, 0.3) is 0 Å². The molecule has 1 aliphatic heterocycles. The van der Waals surface area contributed by atoms with Crippen molar-refractivity contribution in [3.8, 4) is 0 Å². The second-order valence-electron chi connectivity index (χ2n) is 6.75. The molecule has 0 radical (unpaired) electrons. The van der Waals surface area contributed by atoms with Crippen LogP contribution in [-0.4, -0.2) is 24.8 Å². The molecule has 1 aliphatic rings. The van der Waals surface area contributed by atoms with Gasteiger partial charge in [-0.2, -0.15) is 0 Å². The van der Waals surface area contributed by atoms with Crippen LogP contribution in [-0.2, 0) is 4.74 Å². The van der Waals surface area contributed by atoms with Crippen molar-refractivity contribution < 1.29 is 4.74 Å². The van der Waals surface area contributed by atoms with Crippen LogP contribution in [0.5, 0.6) is 0 Å². The Bertz CT molecular complexity index is 421. The summed E-state index contributed by atoms with van der Waals surface area (Å²) < 4.78 is 5.81. The van der Waals surface area contributed by atoms with Crippen LogP contribution in [0.1, 0.15) is 51.5 Å². The standard InChI is InChI=1S/C17H26ClNO/c1-17(2,3)19-12-14(11-16-8-5-9-20-16)13-6-4-7-15(18)10-13/h4,6-7,10,14,16,19H,5,8-9,11-12H2,1-3H3. The zero-order valence-electron chi connectivity index (χ0n) is 12.8. The van der Waals surface area contributed by atoms with Gasteiger partial charge in [0, 0.05) is 23.7 Å². The third-order valence-electron chi connectivity index (χ3n) is 3.77. The molecular formula is C17H26ClNO. The summed E-state index contributed by atoms with van der Waals surface area (Å²) >= 11 is 6.14. The maximum atomic E-state index is 6.14. The van der Waals surface area contributed by atoms with E-state index < -0.39 is 0 Å². The third kappa shape index (κ3) is 5.08. The summed E-state index contributed by atoms with van der Waals surface area (Å²) in [5, 5.41) is 4.43. The molecule has 0 bridgehead atoms. The number of benzene rings is 1. The Kier molecular flexibility index (Phi) is 5.48. The minimum Gasteiger partial charge on any atom is -0.378 e. The summed E-state index contributed by atoms with van der Waals surface area (Å²) in [6.45, 7) is 8.49. The lowest BCUT2D eigenvalue weighted by Crippen LogP contribution is -2.39. The highest BCUT2D eigenvalue weighted by atomic mass is 35.5. The van der Waals surface area contributed by atoms with Gasteiger partial charge in [0.25, 0.3) is 0 Å². The molecule has 0 saturated carbocycles. The minimum atomic E-state index is 0.132. The first-order chi connectivity index (χ1) is 9.44. The van der Waals surface area contributed by atoms with Gasteiger partial charge in [-0.25, -0.2) is 0 Å². The number of nitrogens with one attached hydrogen (secondary N) is 1. The number of hydrogen-bond donors (Lipinski definition) is 1. The van der Waals surface area contributed by atoms with Gasteiger partial charge in [-0.05, 0) is 63.6 Å². The van der Waals surface area contributed by atoms with Crippen molar-refractivity contribution >= 4 is 11.6 Å². The minimum absolute atomic E-state index is 0.132. The topological polar surface area (TPSA) is 21.3 Å². The van der Waals surface area contributed by atoms with Crippen molar-refractivity contribution in [2.45, 2.75) is 57.6 Å². The molecule has 0 amide bonds. The highest BCUT2D eigenvalue weighted by Crippen LogP contribution is 2.28. The van der Waals surface area contributed by atoms with Crippen LogP contribution in [0.2, 0.25) is 5.02 Å². The molecule has 1 heterocycles. The van der Waals surface area contributed by atoms with E-state index in [0.717, 1.165) is 24.6 Å². The van der Waals surface area contributed by atoms with Crippen molar-refractivity contribution in [2.24, 2.45) is 0 Å². The van der Waals surface area contributed by atoms with E-state index >= 15 is 0 Å². The van der Waals surface area contributed by atoms with Gasteiger partial charge in [-0.3, -0.25) is 0 Å². The fraction of sp³-hybridized carbons (Fsp3) is 0.647. The molecule has 3 heteroatoms. The molecule has 2 rings (SSSR count). The maximum absolute atomic E-state index is 6.14. The average Bonchev–Trinajstić information content (AvgIpc) is 2.86. The zero-order valence-corrected chi connectivity index (χ0v) is 13.5. The zero-order chi connectivity index (χ0) is 14.6. The van der Waals surface area contributed by atoms with Crippen molar-refractivity contribution in [1.29, 1.82) is 0 Å². The van der Waals surface area contributed by atoms with Gasteiger partial charge in [-0.1, -0.05) is 23.7 Å². The first-order valence-corrected chi connectivity index (χ1v) is 7.94. The summed E-state index contributed by atoms with van der Waals surface area (Å²) in [5.41, 5.74) is 1.44. The fourth-order valence-corrected chi connectivity index (χ4v) is 2.87. The average molecular weight is 296 g/mol. The normalized spacial score (nSPS) is 21.1. The van der Waals surface area contributed by atoms with Crippen LogP contribution in [0.15, 0.2) is 24.3 Å². The van der Waals surface area contributed by atoms with Gasteiger partial charge >= 0.3 is 0 Å². The Morgan fingerprint density at radius 2 is 2.20 bits per heavy atom. The molecule has 112 valence electrons. The molecule has 1 fully saturated rings. The quantitative estimate of drug-likeness (QED) is 0.870. The van der Waals surface area contributed by atoms with E-state index in [1.54, 1.807) is 0 Å². The van der Waals surface area contributed by atoms with E-state index in [4.69, 9.17) is 16.3 Å². The Labute approximate surface area is 127 Å². The number of hydrogen-bond acceptors (Lipinski definition) is 2. The van der Waals surface area contributed by atoms with Gasteiger partial charge in [-0.15, -0.1) is 0 Å². The van der Waals surface area contributed by atoms with Crippen LogP contribution in [0, 0.1) is 0 Å². The summed E-state index contributed by atoms with van der Waals surface area (Å²) in [5.74, 6) is 0.455. The number of rotatable bonds is 5. The molecule has 0 aromatic heterocycles. The fourth-order valence-electron chi connectivity index (χ4n) is 2.67. The van der Waals surface area contributed by atoms with Gasteiger partial charge in [0.1, 0.15) is 0 Å². The smallest absolute Gasteiger partial charge is 0.0582 e. The number of halogens is 1. The highest BCUT2D eigenvalue weighted by Gasteiger charge is 2.23. The molecule has 1 N–H and O–H groups in total. The summed E-state index contributed by atoms with van der Waals surface area (Å²) in [7, 11) is 0. The van der Waals surface area contributed by atoms with Gasteiger partial charge in [0.15, 0.2) is 0 Å². The van der Waals surface area contributed by atoms with E-state index in [0.29, 0.717) is 12.0 Å². The van der Waals surface area contributed by atoms with E-state index in [9.17, 15) is 0 Å². The molecular weight excluding hydrogens is 270 g/mol. The van der Waals surface area contributed by atoms with E-state index in [-0.39, 0.29) is 5.54 Å². The van der Waals surface area contributed by atoms with Crippen molar-refractivity contribution in [3.63, 3.8) is 0 Å². The van der Waals surface area contributed by atoms with Crippen LogP contribution < -0.4 is 5.32 Å². The lowest BCUT2D eigenvalue weighted by Gasteiger charge is -2.27. The molecule has 0 spiro atoms. The molecule has 2 atom stereocenters. The molecule has 1 aromatic rings. The summed E-state index contributed by atoms with van der Waals surface area (Å²) in [6.07, 6.45) is 3.86. The third-order valence-corrected chi connectivity index (χ3v) is 4.01. The van der Waals surface area contributed by atoms with E-state index in [2.05, 4.69) is 38.2 Å². The van der Waals surface area contributed by atoms with Crippen LogP contribution in [0.3, 0.4) is 0 Å². The lowest BCUT2D eigenvalue weighted by molar-refractivity contribution is 0.0970. The van der Waals surface area contributed by atoms with Crippen molar-refractivity contribution in [1.82, 2.24) is 5.32 Å².